The fourth-order valence-electron chi connectivity index (χ4n) is 1.83. The Morgan fingerprint density at radius 1 is 1.47 bits per heavy atom. The third kappa shape index (κ3) is 6.03. The van der Waals surface area contributed by atoms with Crippen molar-refractivity contribution in [2.24, 2.45) is 11.8 Å². The molecule has 0 aromatic carbocycles. The largest absolute Gasteiger partial charge is 0.356 e. The van der Waals surface area contributed by atoms with Crippen LogP contribution in [-0.4, -0.2) is 18.3 Å². The highest BCUT2D eigenvalue weighted by Gasteiger charge is 2.24. The van der Waals surface area contributed by atoms with E-state index in [2.05, 4.69) is 12.2 Å². The van der Waals surface area contributed by atoms with Crippen LogP contribution in [0.5, 0.6) is 0 Å². The van der Waals surface area contributed by atoms with E-state index in [0.717, 1.165) is 25.8 Å². The lowest BCUT2D eigenvalue weighted by molar-refractivity contribution is -0.121. The Hall–Kier alpha value is -0.240. The Labute approximate surface area is 97.8 Å². The molecule has 0 aromatic rings. The summed E-state index contributed by atoms with van der Waals surface area (Å²) in [5.74, 6) is 2.18. The van der Waals surface area contributed by atoms with Gasteiger partial charge in [-0.3, -0.25) is 4.79 Å². The van der Waals surface area contributed by atoms with Gasteiger partial charge >= 0.3 is 0 Å². The molecular formula is C12H22ClNO. The molecule has 2 nitrogen and oxygen atoms in total. The number of carbonyl (C=O) groups is 1. The van der Waals surface area contributed by atoms with E-state index in [9.17, 15) is 4.79 Å². The van der Waals surface area contributed by atoms with E-state index in [0.29, 0.717) is 17.7 Å². The molecule has 0 bridgehead atoms. The molecule has 1 amide bonds. The molecule has 0 heterocycles. The molecule has 0 spiro atoms. The average molecular weight is 232 g/mol. The summed E-state index contributed by atoms with van der Waals surface area (Å²) in [6.07, 6.45) is 6.57. The number of halogens is 1. The Morgan fingerprint density at radius 2 is 2.20 bits per heavy atom. The van der Waals surface area contributed by atoms with Gasteiger partial charge < -0.3 is 5.32 Å². The molecule has 0 aromatic heterocycles. The second-order valence-electron chi connectivity index (χ2n) is 4.58. The molecule has 1 aliphatic rings. The summed E-state index contributed by atoms with van der Waals surface area (Å²) in [6, 6.07) is 0. The van der Waals surface area contributed by atoms with Crippen LogP contribution in [0.3, 0.4) is 0 Å². The minimum Gasteiger partial charge on any atom is -0.356 e. The lowest BCUT2D eigenvalue weighted by Crippen LogP contribution is -2.29. The molecule has 0 saturated heterocycles. The molecule has 1 rings (SSSR count). The highest BCUT2D eigenvalue weighted by Crippen LogP contribution is 2.32. The molecule has 15 heavy (non-hydrogen) atoms. The van der Waals surface area contributed by atoms with Crippen molar-refractivity contribution in [3.8, 4) is 0 Å². The number of hydrogen-bond acceptors (Lipinski definition) is 1. The Morgan fingerprint density at radius 3 is 2.73 bits per heavy atom. The summed E-state index contributed by atoms with van der Waals surface area (Å²) in [5, 5.41) is 3.03. The van der Waals surface area contributed by atoms with Crippen molar-refractivity contribution in [2.75, 3.05) is 12.4 Å². The molecule has 1 fully saturated rings. The summed E-state index contributed by atoms with van der Waals surface area (Å²) in [6.45, 7) is 2.99. The molecule has 1 aliphatic carbocycles. The summed E-state index contributed by atoms with van der Waals surface area (Å²) in [7, 11) is 0. The second-order valence-corrected chi connectivity index (χ2v) is 4.96. The Bertz CT molecular complexity index is 186. The zero-order valence-corrected chi connectivity index (χ0v) is 10.4. The molecule has 1 N–H and O–H groups in total. The predicted molar refractivity (Wildman–Crippen MR) is 64.1 cm³/mol. The topological polar surface area (TPSA) is 29.1 Å². The molecule has 0 aliphatic heterocycles. The number of rotatable bonds is 8. The summed E-state index contributed by atoms with van der Waals surface area (Å²) in [4.78, 5) is 11.5. The highest BCUT2D eigenvalue weighted by atomic mass is 35.5. The van der Waals surface area contributed by atoms with Crippen molar-refractivity contribution < 1.29 is 4.79 Å². The van der Waals surface area contributed by atoms with Gasteiger partial charge in [0.2, 0.25) is 5.91 Å². The van der Waals surface area contributed by atoms with Crippen LogP contribution >= 0.6 is 11.6 Å². The van der Waals surface area contributed by atoms with Gasteiger partial charge in [-0.1, -0.05) is 13.3 Å². The van der Waals surface area contributed by atoms with Crippen LogP contribution in [-0.2, 0) is 4.79 Å². The fourth-order valence-corrected chi connectivity index (χ4v) is 2.13. The molecule has 0 radical (unpaired) electrons. The SMILES string of the molecule is CCCC(CCCl)CNC(=O)CC1CC1. The maximum absolute atomic E-state index is 11.5. The average Bonchev–Trinajstić information content (AvgIpc) is 2.99. The third-order valence-corrected chi connectivity index (χ3v) is 3.19. The van der Waals surface area contributed by atoms with E-state index < -0.39 is 0 Å². The van der Waals surface area contributed by atoms with E-state index in [-0.39, 0.29) is 5.91 Å². The van der Waals surface area contributed by atoms with Crippen molar-refractivity contribution in [3.63, 3.8) is 0 Å². The van der Waals surface area contributed by atoms with E-state index in [4.69, 9.17) is 11.6 Å². The lowest BCUT2D eigenvalue weighted by Gasteiger charge is -2.15. The predicted octanol–water partition coefficient (Wildman–Crippen LogP) is 2.95. The van der Waals surface area contributed by atoms with Gasteiger partial charge in [0.1, 0.15) is 0 Å². The minimum atomic E-state index is 0.230. The first-order valence-corrected chi connectivity index (χ1v) is 6.62. The monoisotopic (exact) mass is 231 g/mol. The first-order valence-electron chi connectivity index (χ1n) is 6.09. The van der Waals surface area contributed by atoms with Gasteiger partial charge in [-0.2, -0.15) is 0 Å². The van der Waals surface area contributed by atoms with Gasteiger partial charge in [-0.15, -0.1) is 11.6 Å². The van der Waals surface area contributed by atoms with Gasteiger partial charge in [0.15, 0.2) is 0 Å². The van der Waals surface area contributed by atoms with Crippen LogP contribution < -0.4 is 5.32 Å². The molecule has 88 valence electrons. The quantitative estimate of drug-likeness (QED) is 0.640. The van der Waals surface area contributed by atoms with Crippen molar-refractivity contribution >= 4 is 17.5 Å². The minimum absolute atomic E-state index is 0.230. The molecule has 1 atom stereocenters. The number of carbonyl (C=O) groups excluding carboxylic acids is 1. The molecule has 1 unspecified atom stereocenters. The highest BCUT2D eigenvalue weighted by molar-refractivity contribution is 6.17. The van der Waals surface area contributed by atoms with Crippen molar-refractivity contribution in [2.45, 2.75) is 45.4 Å². The van der Waals surface area contributed by atoms with Crippen LogP contribution in [0.25, 0.3) is 0 Å². The number of alkyl halides is 1. The second kappa shape index (κ2) is 7.10. The number of nitrogens with one attached hydrogen (secondary N) is 1. The summed E-state index contributed by atoms with van der Waals surface area (Å²) >= 11 is 5.73. The van der Waals surface area contributed by atoms with Gasteiger partial charge in [-0.25, -0.2) is 0 Å². The van der Waals surface area contributed by atoms with Gasteiger partial charge in [0, 0.05) is 18.8 Å². The maximum atomic E-state index is 11.5. The van der Waals surface area contributed by atoms with Gasteiger partial charge in [-0.05, 0) is 37.5 Å². The molecule has 3 heteroatoms. The van der Waals surface area contributed by atoms with Gasteiger partial charge in [0.25, 0.3) is 0 Å². The van der Waals surface area contributed by atoms with E-state index >= 15 is 0 Å². The number of hydrogen-bond donors (Lipinski definition) is 1. The van der Waals surface area contributed by atoms with Crippen LogP contribution in [0.2, 0.25) is 0 Å². The molecular weight excluding hydrogens is 210 g/mol. The van der Waals surface area contributed by atoms with E-state index in [1.165, 1.54) is 19.3 Å². The smallest absolute Gasteiger partial charge is 0.220 e. The van der Waals surface area contributed by atoms with E-state index in [1.807, 2.05) is 0 Å². The van der Waals surface area contributed by atoms with Crippen LogP contribution in [0.4, 0.5) is 0 Å². The normalized spacial score (nSPS) is 17.5. The van der Waals surface area contributed by atoms with Crippen LogP contribution in [0.1, 0.15) is 45.4 Å². The summed E-state index contributed by atoms with van der Waals surface area (Å²) < 4.78 is 0. The lowest BCUT2D eigenvalue weighted by atomic mass is 10.0. The first-order chi connectivity index (χ1) is 7.26. The van der Waals surface area contributed by atoms with Crippen LogP contribution in [0, 0.1) is 11.8 Å². The zero-order valence-electron chi connectivity index (χ0n) is 9.60. The third-order valence-electron chi connectivity index (χ3n) is 2.97. The fraction of sp³-hybridized carbons (Fsp3) is 0.917. The van der Waals surface area contributed by atoms with E-state index in [1.54, 1.807) is 0 Å². The maximum Gasteiger partial charge on any atom is 0.220 e. The Kier molecular flexibility index (Phi) is 6.07. The number of amides is 1. The first kappa shape index (κ1) is 12.8. The van der Waals surface area contributed by atoms with Crippen molar-refractivity contribution in [1.82, 2.24) is 5.32 Å². The Balaban J connectivity index is 2.10. The van der Waals surface area contributed by atoms with Crippen molar-refractivity contribution in [3.05, 3.63) is 0 Å². The summed E-state index contributed by atoms with van der Waals surface area (Å²) in [5.41, 5.74) is 0. The molecule has 1 saturated carbocycles. The van der Waals surface area contributed by atoms with Crippen molar-refractivity contribution in [1.29, 1.82) is 0 Å². The van der Waals surface area contributed by atoms with Crippen LogP contribution in [0.15, 0.2) is 0 Å². The zero-order chi connectivity index (χ0) is 11.1. The van der Waals surface area contributed by atoms with Gasteiger partial charge in [0.05, 0.1) is 0 Å². The standard InChI is InChI=1S/C12H22ClNO/c1-2-3-11(6-7-13)9-14-12(15)8-10-4-5-10/h10-11H,2-9H2,1H3,(H,14,15).